The summed E-state index contributed by atoms with van der Waals surface area (Å²) in [6, 6.07) is 12.8. The highest BCUT2D eigenvalue weighted by atomic mass is 35.5. The molecular formula is C26H32ClFN2O3. The van der Waals surface area contributed by atoms with Gasteiger partial charge in [-0.05, 0) is 68.7 Å². The first-order chi connectivity index (χ1) is 15.7. The minimum absolute atomic E-state index is 0.206. The van der Waals surface area contributed by atoms with Crippen molar-refractivity contribution < 1.29 is 18.7 Å². The monoisotopic (exact) mass is 474 g/mol. The zero-order chi connectivity index (χ0) is 23.8. The molecule has 178 valence electrons. The van der Waals surface area contributed by atoms with Crippen LogP contribution in [0.5, 0.6) is 0 Å². The average molecular weight is 475 g/mol. The maximum Gasteiger partial charge on any atom is 0.306 e. The summed E-state index contributed by atoms with van der Waals surface area (Å²) in [4.78, 5) is 11.7. The number of esters is 1. The van der Waals surface area contributed by atoms with Crippen molar-refractivity contribution in [1.29, 1.82) is 0 Å². The van der Waals surface area contributed by atoms with E-state index in [0.717, 1.165) is 22.0 Å². The van der Waals surface area contributed by atoms with Crippen molar-refractivity contribution in [2.75, 3.05) is 19.8 Å². The molecule has 0 aliphatic carbocycles. The number of halogens is 2. The summed E-state index contributed by atoms with van der Waals surface area (Å²) in [5.41, 5.74) is 2.41. The summed E-state index contributed by atoms with van der Waals surface area (Å²) in [5, 5.41) is 5.03. The minimum Gasteiger partial charge on any atom is -0.460 e. The Labute approximate surface area is 199 Å². The highest BCUT2D eigenvalue weighted by molar-refractivity contribution is 6.30. The summed E-state index contributed by atoms with van der Waals surface area (Å²) in [5.74, 6) is -0.462. The largest absolute Gasteiger partial charge is 0.460 e. The van der Waals surface area contributed by atoms with Gasteiger partial charge in [0.05, 0.1) is 12.1 Å². The van der Waals surface area contributed by atoms with Crippen LogP contribution in [0.3, 0.4) is 0 Å². The van der Waals surface area contributed by atoms with E-state index < -0.39 is 5.60 Å². The normalized spacial score (nSPS) is 11.8. The number of nitrogens with zero attached hydrogens (tertiary/aromatic N) is 1. The van der Waals surface area contributed by atoms with Crippen LogP contribution in [-0.4, -0.2) is 35.9 Å². The van der Waals surface area contributed by atoms with E-state index in [2.05, 4.69) is 5.32 Å². The van der Waals surface area contributed by atoms with Crippen LogP contribution in [-0.2, 0) is 27.4 Å². The fourth-order valence-corrected chi connectivity index (χ4v) is 3.71. The zero-order valence-electron chi connectivity index (χ0n) is 19.5. The van der Waals surface area contributed by atoms with Crippen LogP contribution in [0, 0.1) is 5.82 Å². The van der Waals surface area contributed by atoms with Crippen LogP contribution in [0.15, 0.2) is 48.7 Å². The van der Waals surface area contributed by atoms with Gasteiger partial charge in [0, 0.05) is 49.3 Å². The first-order valence-corrected chi connectivity index (χ1v) is 11.6. The Morgan fingerprint density at radius 2 is 1.88 bits per heavy atom. The molecule has 0 saturated carbocycles. The Morgan fingerprint density at radius 3 is 2.61 bits per heavy atom. The summed E-state index contributed by atoms with van der Waals surface area (Å²) in [6.45, 7) is 8.41. The molecule has 0 aliphatic heterocycles. The van der Waals surface area contributed by atoms with Gasteiger partial charge in [-0.2, -0.15) is 0 Å². The van der Waals surface area contributed by atoms with Gasteiger partial charge < -0.3 is 19.4 Å². The Kier molecular flexibility index (Phi) is 8.89. The number of carbonyl (C=O) groups is 1. The first-order valence-electron chi connectivity index (χ1n) is 11.2. The molecule has 1 aromatic heterocycles. The summed E-state index contributed by atoms with van der Waals surface area (Å²) in [6.07, 6.45) is 2.95. The van der Waals surface area contributed by atoms with E-state index >= 15 is 0 Å². The van der Waals surface area contributed by atoms with Gasteiger partial charge in [-0.3, -0.25) is 4.79 Å². The molecule has 5 nitrogen and oxygen atoms in total. The van der Waals surface area contributed by atoms with E-state index in [4.69, 9.17) is 21.1 Å². The molecular weight excluding hydrogens is 443 g/mol. The molecule has 2 aromatic carbocycles. The number of aromatic nitrogens is 1. The van der Waals surface area contributed by atoms with E-state index in [-0.39, 0.29) is 11.8 Å². The lowest BCUT2D eigenvalue weighted by molar-refractivity contribution is -0.155. The molecule has 3 aromatic rings. The van der Waals surface area contributed by atoms with Crippen molar-refractivity contribution in [2.24, 2.45) is 0 Å². The minimum atomic E-state index is -0.457. The smallest absolute Gasteiger partial charge is 0.306 e. The topological polar surface area (TPSA) is 52.5 Å². The van der Waals surface area contributed by atoms with Gasteiger partial charge in [0.15, 0.2) is 0 Å². The van der Waals surface area contributed by atoms with Crippen molar-refractivity contribution in [3.8, 4) is 0 Å². The van der Waals surface area contributed by atoms with Crippen molar-refractivity contribution >= 4 is 28.5 Å². The quantitative estimate of drug-likeness (QED) is 0.285. The van der Waals surface area contributed by atoms with E-state index in [1.165, 1.54) is 0 Å². The summed E-state index contributed by atoms with van der Waals surface area (Å²) < 4.78 is 27.2. The lowest BCUT2D eigenvalue weighted by atomic mass is 10.1. The molecule has 0 saturated heterocycles. The summed E-state index contributed by atoms with van der Waals surface area (Å²) in [7, 11) is 0. The molecule has 1 heterocycles. The van der Waals surface area contributed by atoms with Crippen LogP contribution in [0.1, 0.15) is 44.7 Å². The first kappa shape index (κ1) is 25.2. The molecule has 0 atom stereocenters. The third-order valence-electron chi connectivity index (χ3n) is 5.03. The van der Waals surface area contributed by atoms with Crippen LogP contribution in [0.25, 0.3) is 10.9 Å². The SMILES string of the molecule is CC(C)(C)OC(=O)CCCOCCNCc1cc(F)cc2c1ccn2Cc1ccc(Cl)cc1. The fraction of sp³-hybridized carbons (Fsp3) is 0.423. The second-order valence-corrected chi connectivity index (χ2v) is 9.48. The number of hydrogen-bond acceptors (Lipinski definition) is 4. The Balaban J connectivity index is 1.45. The van der Waals surface area contributed by atoms with Crippen molar-refractivity contribution in [3.05, 3.63) is 70.6 Å². The average Bonchev–Trinajstić information content (AvgIpc) is 3.12. The Hall–Kier alpha value is -2.41. The maximum absolute atomic E-state index is 14.3. The van der Waals surface area contributed by atoms with Gasteiger partial charge in [-0.25, -0.2) is 4.39 Å². The predicted octanol–water partition coefficient (Wildman–Crippen LogP) is 5.71. The molecule has 33 heavy (non-hydrogen) atoms. The van der Waals surface area contributed by atoms with Gasteiger partial charge in [-0.1, -0.05) is 23.7 Å². The second-order valence-electron chi connectivity index (χ2n) is 9.05. The van der Waals surface area contributed by atoms with Crippen molar-refractivity contribution in [1.82, 2.24) is 9.88 Å². The van der Waals surface area contributed by atoms with Crippen molar-refractivity contribution in [2.45, 2.75) is 52.3 Å². The van der Waals surface area contributed by atoms with E-state index in [0.29, 0.717) is 50.7 Å². The standard InChI is InChI=1S/C26H32ClFN2O3/c1-26(2,3)33-25(31)5-4-13-32-14-11-29-17-20-15-22(28)16-24-23(20)10-12-30(24)18-19-6-8-21(27)9-7-19/h6-10,12,15-16,29H,4-5,11,13-14,17-18H2,1-3H3. The molecule has 7 heteroatoms. The number of carbonyl (C=O) groups excluding carboxylic acids is 1. The van der Waals surface area contributed by atoms with E-state index in [1.807, 2.05) is 61.9 Å². The maximum atomic E-state index is 14.3. The molecule has 0 radical (unpaired) electrons. The third kappa shape index (κ3) is 8.14. The van der Waals surface area contributed by atoms with Gasteiger partial charge in [-0.15, -0.1) is 0 Å². The lowest BCUT2D eigenvalue weighted by Crippen LogP contribution is -2.24. The van der Waals surface area contributed by atoms with Crippen LogP contribution < -0.4 is 5.32 Å². The predicted molar refractivity (Wildman–Crippen MR) is 130 cm³/mol. The van der Waals surface area contributed by atoms with Crippen LogP contribution in [0.4, 0.5) is 4.39 Å². The lowest BCUT2D eigenvalue weighted by Gasteiger charge is -2.19. The molecule has 1 N–H and O–H groups in total. The Bertz CT molecular complexity index is 1060. The van der Waals surface area contributed by atoms with Gasteiger partial charge in [0.2, 0.25) is 0 Å². The Morgan fingerprint density at radius 1 is 1.12 bits per heavy atom. The molecule has 0 bridgehead atoms. The highest BCUT2D eigenvalue weighted by Gasteiger charge is 2.15. The number of fused-ring (bicyclic) bond motifs is 1. The van der Waals surface area contributed by atoms with Crippen LogP contribution >= 0.6 is 11.6 Å². The fourth-order valence-electron chi connectivity index (χ4n) is 3.58. The number of nitrogens with one attached hydrogen (secondary N) is 1. The van der Waals surface area contributed by atoms with Crippen molar-refractivity contribution in [3.63, 3.8) is 0 Å². The second kappa shape index (κ2) is 11.6. The number of hydrogen-bond donors (Lipinski definition) is 1. The van der Waals surface area contributed by atoms with Gasteiger partial charge in [0.1, 0.15) is 11.4 Å². The van der Waals surface area contributed by atoms with E-state index in [1.54, 1.807) is 12.1 Å². The third-order valence-corrected chi connectivity index (χ3v) is 5.29. The molecule has 0 amide bonds. The van der Waals surface area contributed by atoms with Crippen LogP contribution in [0.2, 0.25) is 5.02 Å². The molecule has 3 rings (SSSR count). The molecule has 0 fully saturated rings. The molecule has 0 spiro atoms. The highest BCUT2D eigenvalue weighted by Crippen LogP contribution is 2.23. The van der Waals surface area contributed by atoms with Gasteiger partial charge in [0.25, 0.3) is 0 Å². The number of rotatable bonds is 11. The summed E-state index contributed by atoms with van der Waals surface area (Å²) >= 11 is 5.97. The molecule has 0 aliphatic rings. The number of benzene rings is 2. The van der Waals surface area contributed by atoms with Gasteiger partial charge >= 0.3 is 5.97 Å². The van der Waals surface area contributed by atoms with E-state index in [9.17, 15) is 9.18 Å². The number of ether oxygens (including phenoxy) is 2. The molecule has 0 unspecified atom stereocenters. The zero-order valence-corrected chi connectivity index (χ0v) is 20.3.